The SMILES string of the molecule is CCOC(=O)c1c(C)c(C(=O)C(C)N(Cc2ccco2)C(=O)c2ccc(C)cc2)c(C)n1CC. The second kappa shape index (κ2) is 10.5. The molecule has 0 saturated heterocycles. The lowest BCUT2D eigenvalue weighted by atomic mass is 9.99. The zero-order chi connectivity index (χ0) is 25.0. The van der Waals surface area contributed by atoms with Crippen molar-refractivity contribution in [2.75, 3.05) is 6.61 Å². The van der Waals surface area contributed by atoms with Gasteiger partial charge in [-0.3, -0.25) is 9.59 Å². The second-order valence-electron chi connectivity index (χ2n) is 8.32. The molecule has 0 saturated carbocycles. The zero-order valence-corrected chi connectivity index (χ0v) is 20.7. The highest BCUT2D eigenvalue weighted by Crippen LogP contribution is 2.27. The van der Waals surface area contributed by atoms with Gasteiger partial charge in [0.25, 0.3) is 5.91 Å². The van der Waals surface area contributed by atoms with Crippen molar-refractivity contribution in [3.63, 3.8) is 0 Å². The van der Waals surface area contributed by atoms with Gasteiger partial charge in [0.2, 0.25) is 0 Å². The Balaban J connectivity index is 2.03. The smallest absolute Gasteiger partial charge is 0.355 e. The molecule has 0 aliphatic rings. The van der Waals surface area contributed by atoms with E-state index in [1.807, 2.05) is 32.9 Å². The van der Waals surface area contributed by atoms with Crippen molar-refractivity contribution in [2.45, 2.75) is 60.7 Å². The van der Waals surface area contributed by atoms with E-state index in [0.717, 1.165) is 5.56 Å². The molecular weight excluding hydrogens is 432 g/mol. The van der Waals surface area contributed by atoms with Crippen LogP contribution >= 0.6 is 0 Å². The van der Waals surface area contributed by atoms with E-state index in [2.05, 4.69) is 0 Å². The molecule has 2 aromatic heterocycles. The Bertz CT molecular complexity index is 1170. The third-order valence-corrected chi connectivity index (χ3v) is 6.11. The number of ketones is 1. The Morgan fingerprint density at radius 2 is 1.74 bits per heavy atom. The summed E-state index contributed by atoms with van der Waals surface area (Å²) in [7, 11) is 0. The molecule has 0 N–H and O–H groups in total. The van der Waals surface area contributed by atoms with Crippen molar-refractivity contribution in [1.29, 1.82) is 0 Å². The molecule has 3 aromatic rings. The number of aromatic nitrogens is 1. The van der Waals surface area contributed by atoms with Gasteiger partial charge in [0.05, 0.1) is 25.5 Å². The van der Waals surface area contributed by atoms with Crippen molar-refractivity contribution in [1.82, 2.24) is 9.47 Å². The second-order valence-corrected chi connectivity index (χ2v) is 8.32. The van der Waals surface area contributed by atoms with Crippen LogP contribution in [0.3, 0.4) is 0 Å². The number of hydrogen-bond donors (Lipinski definition) is 0. The van der Waals surface area contributed by atoms with Crippen LogP contribution in [0.25, 0.3) is 0 Å². The number of rotatable bonds is 9. The highest BCUT2D eigenvalue weighted by molar-refractivity contribution is 6.07. The van der Waals surface area contributed by atoms with Crippen LogP contribution < -0.4 is 0 Å². The Kier molecular flexibility index (Phi) is 7.76. The fourth-order valence-corrected chi connectivity index (χ4v) is 4.28. The molecule has 1 atom stereocenters. The minimum atomic E-state index is -0.793. The van der Waals surface area contributed by atoms with Crippen LogP contribution in [0.15, 0.2) is 47.1 Å². The number of esters is 1. The van der Waals surface area contributed by atoms with E-state index in [1.54, 1.807) is 49.6 Å². The number of benzene rings is 1. The molecule has 0 aliphatic carbocycles. The van der Waals surface area contributed by atoms with Gasteiger partial charge in [-0.25, -0.2) is 4.79 Å². The predicted molar refractivity (Wildman–Crippen MR) is 129 cm³/mol. The highest BCUT2D eigenvalue weighted by atomic mass is 16.5. The maximum absolute atomic E-state index is 13.8. The molecule has 0 bridgehead atoms. The van der Waals surface area contributed by atoms with Gasteiger partial charge in [0.15, 0.2) is 5.78 Å². The summed E-state index contributed by atoms with van der Waals surface area (Å²) in [6.07, 6.45) is 1.54. The summed E-state index contributed by atoms with van der Waals surface area (Å²) >= 11 is 0. The number of amides is 1. The monoisotopic (exact) mass is 464 g/mol. The zero-order valence-electron chi connectivity index (χ0n) is 20.7. The van der Waals surface area contributed by atoms with E-state index in [1.165, 1.54) is 11.2 Å². The van der Waals surface area contributed by atoms with Crippen LogP contribution in [-0.2, 0) is 17.8 Å². The molecule has 7 heteroatoms. The Morgan fingerprint density at radius 1 is 1.06 bits per heavy atom. The molecule has 180 valence electrons. The normalized spacial score (nSPS) is 11.8. The Morgan fingerprint density at radius 3 is 2.29 bits per heavy atom. The average molecular weight is 465 g/mol. The number of carbonyl (C=O) groups excluding carboxylic acids is 3. The lowest BCUT2D eigenvalue weighted by Crippen LogP contribution is -2.43. The first kappa shape index (κ1) is 25.0. The third-order valence-electron chi connectivity index (χ3n) is 6.11. The van der Waals surface area contributed by atoms with Gasteiger partial charge in [-0.05, 0) is 71.4 Å². The van der Waals surface area contributed by atoms with Gasteiger partial charge >= 0.3 is 5.97 Å². The molecule has 0 aliphatic heterocycles. The Hall–Kier alpha value is -3.61. The van der Waals surface area contributed by atoms with Crippen molar-refractivity contribution in [3.8, 4) is 0 Å². The van der Waals surface area contributed by atoms with Crippen LogP contribution in [0, 0.1) is 20.8 Å². The van der Waals surface area contributed by atoms with Crippen LogP contribution in [0.4, 0.5) is 0 Å². The lowest BCUT2D eigenvalue weighted by Gasteiger charge is -2.28. The fraction of sp³-hybridized carbons (Fsp3) is 0.370. The summed E-state index contributed by atoms with van der Waals surface area (Å²) in [5.41, 5.74) is 3.59. The summed E-state index contributed by atoms with van der Waals surface area (Å²) in [5.74, 6) is -0.389. The van der Waals surface area contributed by atoms with Gasteiger partial charge in [-0.15, -0.1) is 0 Å². The number of nitrogens with zero attached hydrogens (tertiary/aromatic N) is 2. The van der Waals surface area contributed by atoms with Crippen molar-refractivity contribution in [2.24, 2.45) is 0 Å². The molecule has 34 heavy (non-hydrogen) atoms. The summed E-state index contributed by atoms with van der Waals surface area (Å²) in [6.45, 7) is 11.8. The maximum atomic E-state index is 13.8. The van der Waals surface area contributed by atoms with E-state index in [4.69, 9.17) is 9.15 Å². The fourth-order valence-electron chi connectivity index (χ4n) is 4.28. The topological polar surface area (TPSA) is 81.8 Å². The first-order valence-corrected chi connectivity index (χ1v) is 11.5. The number of aryl methyl sites for hydroxylation is 1. The maximum Gasteiger partial charge on any atom is 0.355 e. The standard InChI is InChI=1S/C27H32N2O5/c1-7-28-19(5)23(18(4)24(28)27(32)33-8-2)25(30)20(6)29(16-22-10-9-15-34-22)26(31)21-13-11-17(3)12-14-21/h9-15,20H,7-8,16H2,1-6H3. The number of hydrogen-bond acceptors (Lipinski definition) is 5. The molecule has 0 spiro atoms. The molecule has 2 heterocycles. The van der Waals surface area contributed by atoms with Crippen LogP contribution in [-0.4, -0.2) is 39.8 Å². The number of Topliss-reactive ketones (excluding diaryl/α,β-unsaturated/α-hetero) is 1. The molecule has 0 radical (unpaired) electrons. The van der Waals surface area contributed by atoms with Crippen LogP contribution in [0.1, 0.15) is 74.6 Å². The predicted octanol–water partition coefficient (Wildman–Crippen LogP) is 5.12. The Labute approximate surface area is 200 Å². The first-order chi connectivity index (χ1) is 16.2. The van der Waals surface area contributed by atoms with Crippen molar-refractivity contribution in [3.05, 3.63) is 82.1 Å². The molecule has 1 unspecified atom stereocenters. The average Bonchev–Trinajstić information content (AvgIpc) is 3.42. The van der Waals surface area contributed by atoms with E-state index in [0.29, 0.717) is 40.4 Å². The minimum absolute atomic E-state index is 0.143. The van der Waals surface area contributed by atoms with Crippen molar-refractivity contribution >= 4 is 17.7 Å². The number of furan rings is 1. The quantitative estimate of drug-likeness (QED) is 0.324. The number of ether oxygens (including phenoxy) is 1. The molecule has 3 rings (SSSR count). The molecule has 1 amide bonds. The van der Waals surface area contributed by atoms with E-state index >= 15 is 0 Å². The molecule has 1 aromatic carbocycles. The summed E-state index contributed by atoms with van der Waals surface area (Å²) in [4.78, 5) is 41.5. The summed E-state index contributed by atoms with van der Waals surface area (Å²) in [6, 6.07) is 9.98. The minimum Gasteiger partial charge on any atom is -0.467 e. The van der Waals surface area contributed by atoms with Gasteiger partial charge in [0, 0.05) is 23.4 Å². The summed E-state index contributed by atoms with van der Waals surface area (Å²) < 4.78 is 12.5. The van der Waals surface area contributed by atoms with Crippen LogP contribution in [0.2, 0.25) is 0 Å². The molecule has 0 fully saturated rings. The lowest BCUT2D eigenvalue weighted by molar-refractivity contribution is 0.0512. The van der Waals surface area contributed by atoms with E-state index in [9.17, 15) is 14.4 Å². The molecule has 7 nitrogen and oxygen atoms in total. The van der Waals surface area contributed by atoms with Gasteiger partial charge in [0.1, 0.15) is 11.5 Å². The summed E-state index contributed by atoms with van der Waals surface area (Å²) in [5, 5.41) is 0. The number of carbonyl (C=O) groups is 3. The van der Waals surface area contributed by atoms with Gasteiger partial charge < -0.3 is 18.6 Å². The van der Waals surface area contributed by atoms with E-state index < -0.39 is 12.0 Å². The van der Waals surface area contributed by atoms with E-state index in [-0.39, 0.29) is 24.8 Å². The highest BCUT2D eigenvalue weighted by Gasteiger charge is 2.33. The third kappa shape index (κ3) is 4.83. The van der Waals surface area contributed by atoms with Crippen LogP contribution in [0.5, 0.6) is 0 Å². The van der Waals surface area contributed by atoms with Crippen molar-refractivity contribution < 1.29 is 23.5 Å². The van der Waals surface area contributed by atoms with Gasteiger partial charge in [-0.2, -0.15) is 0 Å². The van der Waals surface area contributed by atoms with Gasteiger partial charge in [-0.1, -0.05) is 17.7 Å². The largest absolute Gasteiger partial charge is 0.467 e. The first-order valence-electron chi connectivity index (χ1n) is 11.5. The molecular formula is C27H32N2O5.